The van der Waals surface area contributed by atoms with E-state index in [0.29, 0.717) is 0 Å². The summed E-state index contributed by atoms with van der Waals surface area (Å²) in [6.45, 7) is 5.22. The van der Waals surface area contributed by atoms with Gasteiger partial charge in [-0.05, 0) is 39.8 Å². The fourth-order valence-corrected chi connectivity index (χ4v) is 5.47. The quantitative estimate of drug-likeness (QED) is 0.205. The third-order valence-electron chi connectivity index (χ3n) is 5.86. The number of ether oxygens (including phenoxy) is 2. The van der Waals surface area contributed by atoms with E-state index in [2.05, 4.69) is 20.0 Å². The molecule has 0 aliphatic carbocycles. The van der Waals surface area contributed by atoms with Gasteiger partial charge in [0, 0.05) is 0 Å². The lowest BCUT2D eigenvalue weighted by atomic mass is 9.98. The van der Waals surface area contributed by atoms with Crippen molar-refractivity contribution >= 4 is 30.8 Å². The number of hydrogen-bond acceptors (Lipinski definition) is 11. The number of nitrogens with zero attached hydrogens (tertiary/aromatic N) is 3. The van der Waals surface area contributed by atoms with Crippen LogP contribution in [0.1, 0.15) is 33.9 Å². The third kappa shape index (κ3) is 6.12. The lowest BCUT2D eigenvalue weighted by molar-refractivity contribution is -0.149. The smallest absolute Gasteiger partial charge is 0.459 e. The number of benzene rings is 1. The molecule has 0 radical (unpaired) electrons. The summed E-state index contributed by atoms with van der Waals surface area (Å²) in [4.78, 5) is 34.7. The first-order valence-corrected chi connectivity index (χ1v) is 13.6. The van der Waals surface area contributed by atoms with Gasteiger partial charge in [-0.3, -0.25) is 23.7 Å². The summed E-state index contributed by atoms with van der Waals surface area (Å²) in [7, 11) is -4.31. The number of nitrogens with one attached hydrogen (secondary N) is 2. The summed E-state index contributed by atoms with van der Waals surface area (Å²) in [6.07, 6.45) is -3.90. The van der Waals surface area contributed by atoms with Crippen molar-refractivity contribution in [2.75, 3.05) is 12.3 Å². The Morgan fingerprint density at radius 3 is 2.72 bits per heavy atom. The minimum atomic E-state index is -4.31. The summed E-state index contributed by atoms with van der Waals surface area (Å²) in [5.74, 6) is -0.756. The van der Waals surface area contributed by atoms with Crippen molar-refractivity contribution < 1.29 is 37.4 Å². The van der Waals surface area contributed by atoms with E-state index in [9.17, 15) is 19.3 Å². The number of aromatic amines is 1. The number of halogens is 1. The zero-order chi connectivity index (χ0) is 28.5. The first kappa shape index (κ1) is 28.6. The maximum atomic E-state index is 15.8. The van der Waals surface area contributed by atoms with Gasteiger partial charge in [0.1, 0.15) is 24.0 Å². The second-order valence-corrected chi connectivity index (χ2v) is 11.1. The van der Waals surface area contributed by atoms with Crippen LogP contribution in [-0.4, -0.2) is 67.2 Å². The average molecular weight is 568 g/mol. The molecule has 0 bridgehead atoms. The molecule has 212 valence electrons. The molecule has 2 aromatic heterocycles. The topological polar surface area (TPSA) is 193 Å². The number of alkyl halides is 1. The number of aromatic nitrogens is 4. The van der Waals surface area contributed by atoms with Crippen molar-refractivity contribution in [2.24, 2.45) is 0 Å². The molecule has 0 amide bonds. The number of fused-ring (bicyclic) bond motifs is 1. The largest absolute Gasteiger partial charge is 0.462 e. The standard InChI is InChI=1S/C23H30FN6O8P/c1-12(2)36-20(33)13(3)29-39(34,38-14-8-6-5-7-9-14)35-10-15-17(31)23(4,24)21(37-15)30-11-26-16-18(30)27-22(25)28-19(16)32/h5-9,11-13,15,17,21,31H,10H2,1-4H3,(H,29,34)(H3,25,27,28,32)/t13-,15-,17-,21-,23-,39?/m1/s1. The molecule has 0 spiro atoms. The number of para-hydroxylation sites is 1. The normalized spacial score (nSPS) is 25.5. The molecule has 6 atom stereocenters. The molecule has 39 heavy (non-hydrogen) atoms. The predicted molar refractivity (Wildman–Crippen MR) is 136 cm³/mol. The van der Waals surface area contributed by atoms with E-state index in [1.807, 2.05) is 0 Å². The number of rotatable bonds is 10. The van der Waals surface area contributed by atoms with Crippen LogP contribution in [-0.2, 0) is 23.4 Å². The van der Waals surface area contributed by atoms with Crippen LogP contribution < -0.4 is 20.9 Å². The molecule has 1 saturated heterocycles. The SMILES string of the molecule is CC(C)OC(=O)[C@@H](C)NP(=O)(OC[C@H]1O[C@@H](n2cnc3c(=O)[nH]c(N)nc32)[C@](C)(F)[C@@H]1O)Oc1ccccc1. The Morgan fingerprint density at radius 2 is 2.05 bits per heavy atom. The number of esters is 1. The highest BCUT2D eigenvalue weighted by atomic mass is 31.2. The maximum Gasteiger partial charge on any atom is 0.459 e. The molecule has 1 aliphatic heterocycles. The molecule has 1 aliphatic rings. The molecule has 5 N–H and O–H groups in total. The zero-order valence-corrected chi connectivity index (χ0v) is 22.5. The summed E-state index contributed by atoms with van der Waals surface area (Å²) in [5.41, 5.74) is 2.40. The van der Waals surface area contributed by atoms with E-state index in [0.717, 1.165) is 17.8 Å². The van der Waals surface area contributed by atoms with Crippen molar-refractivity contribution in [2.45, 2.75) is 63.9 Å². The van der Waals surface area contributed by atoms with Crippen molar-refractivity contribution in [3.8, 4) is 5.75 Å². The molecule has 0 saturated carbocycles. The maximum absolute atomic E-state index is 15.8. The number of carbonyl (C=O) groups is 1. The fourth-order valence-electron chi connectivity index (χ4n) is 3.97. The van der Waals surface area contributed by atoms with Crippen LogP contribution >= 0.6 is 7.75 Å². The van der Waals surface area contributed by atoms with Gasteiger partial charge < -0.3 is 24.8 Å². The van der Waals surface area contributed by atoms with Gasteiger partial charge in [0.05, 0.1) is 19.0 Å². The number of nitrogen functional groups attached to an aromatic ring is 1. The van der Waals surface area contributed by atoms with E-state index >= 15 is 4.39 Å². The molecule has 3 heterocycles. The first-order chi connectivity index (χ1) is 18.3. The Bertz CT molecular complexity index is 1430. The van der Waals surface area contributed by atoms with Gasteiger partial charge in [0.25, 0.3) is 5.56 Å². The van der Waals surface area contributed by atoms with E-state index in [-0.39, 0.29) is 22.9 Å². The van der Waals surface area contributed by atoms with Crippen molar-refractivity contribution in [3.05, 3.63) is 47.0 Å². The van der Waals surface area contributed by atoms with E-state index in [1.54, 1.807) is 32.0 Å². The molecule has 3 aromatic rings. The minimum absolute atomic E-state index is 0.0591. The number of nitrogens with two attached hydrogens (primary N) is 1. The molecule has 1 aromatic carbocycles. The average Bonchev–Trinajstić information content (AvgIpc) is 3.36. The van der Waals surface area contributed by atoms with Crippen LogP contribution in [0, 0.1) is 0 Å². The van der Waals surface area contributed by atoms with Crippen molar-refractivity contribution in [3.63, 3.8) is 0 Å². The Labute approximate surface area is 222 Å². The molecule has 1 unspecified atom stereocenters. The lowest BCUT2D eigenvalue weighted by Crippen LogP contribution is -2.41. The number of H-pyrrole nitrogens is 1. The number of aliphatic hydroxyl groups excluding tert-OH is 1. The van der Waals surface area contributed by atoms with E-state index in [4.69, 9.17) is 24.3 Å². The number of hydrogen-bond donors (Lipinski definition) is 4. The van der Waals surface area contributed by atoms with Crippen LogP contribution in [0.3, 0.4) is 0 Å². The molecule has 16 heteroatoms. The zero-order valence-electron chi connectivity index (χ0n) is 21.6. The van der Waals surface area contributed by atoms with Crippen LogP contribution in [0.15, 0.2) is 41.5 Å². The number of aliphatic hydroxyl groups is 1. The highest BCUT2D eigenvalue weighted by Gasteiger charge is 2.56. The third-order valence-corrected chi connectivity index (χ3v) is 7.50. The van der Waals surface area contributed by atoms with Gasteiger partial charge in [-0.2, -0.15) is 10.1 Å². The molecule has 14 nitrogen and oxygen atoms in total. The van der Waals surface area contributed by atoms with Gasteiger partial charge in [0.2, 0.25) is 5.95 Å². The Balaban J connectivity index is 1.56. The van der Waals surface area contributed by atoms with Crippen LogP contribution in [0.2, 0.25) is 0 Å². The summed E-state index contributed by atoms with van der Waals surface area (Å²) in [5, 5.41) is 13.3. The predicted octanol–water partition coefficient (Wildman–Crippen LogP) is 1.82. The second kappa shape index (κ2) is 11.0. The second-order valence-electron chi connectivity index (χ2n) is 9.43. The van der Waals surface area contributed by atoms with Crippen LogP contribution in [0.5, 0.6) is 5.75 Å². The number of imidazole rings is 1. The van der Waals surface area contributed by atoms with Crippen molar-refractivity contribution in [1.29, 1.82) is 0 Å². The highest BCUT2D eigenvalue weighted by molar-refractivity contribution is 7.52. The van der Waals surface area contributed by atoms with Crippen molar-refractivity contribution in [1.82, 2.24) is 24.6 Å². The molecular formula is C23H30FN6O8P. The van der Waals surface area contributed by atoms with Gasteiger partial charge >= 0.3 is 13.7 Å². The minimum Gasteiger partial charge on any atom is -0.462 e. The van der Waals surface area contributed by atoms with Crippen LogP contribution in [0.25, 0.3) is 11.2 Å². The van der Waals surface area contributed by atoms with Gasteiger partial charge in [-0.25, -0.2) is 13.9 Å². The fraction of sp³-hybridized carbons (Fsp3) is 0.478. The van der Waals surface area contributed by atoms with Gasteiger partial charge in [-0.1, -0.05) is 18.2 Å². The summed E-state index contributed by atoms with van der Waals surface area (Å²) < 4.78 is 52.6. The Kier molecular flexibility index (Phi) is 8.09. The summed E-state index contributed by atoms with van der Waals surface area (Å²) in [6, 6.07) is 6.93. The Hall–Kier alpha value is -3.36. The number of carbonyl (C=O) groups excluding carboxylic acids is 1. The number of anilines is 1. The molecule has 4 rings (SSSR count). The van der Waals surface area contributed by atoms with Crippen LogP contribution in [0.4, 0.5) is 10.3 Å². The first-order valence-electron chi connectivity index (χ1n) is 12.0. The molecular weight excluding hydrogens is 538 g/mol. The Morgan fingerprint density at radius 1 is 1.36 bits per heavy atom. The van der Waals surface area contributed by atoms with E-state index < -0.39 is 62.1 Å². The highest BCUT2D eigenvalue weighted by Crippen LogP contribution is 2.48. The van der Waals surface area contributed by atoms with Gasteiger partial charge in [-0.15, -0.1) is 0 Å². The lowest BCUT2D eigenvalue weighted by Gasteiger charge is -2.25. The monoisotopic (exact) mass is 568 g/mol. The van der Waals surface area contributed by atoms with E-state index in [1.165, 1.54) is 19.1 Å². The molecule has 1 fully saturated rings. The van der Waals surface area contributed by atoms with Gasteiger partial charge in [0.15, 0.2) is 23.1 Å². The summed E-state index contributed by atoms with van der Waals surface area (Å²) >= 11 is 0.